The van der Waals surface area contributed by atoms with Crippen LogP contribution in [0.2, 0.25) is 0 Å². The zero-order valence-electron chi connectivity index (χ0n) is 25.1. The summed E-state index contributed by atoms with van der Waals surface area (Å²) in [6.45, 7) is 0. The smallest absolute Gasteiger partial charge is 0.143 e. The lowest BCUT2D eigenvalue weighted by Gasteiger charge is -2.28. The van der Waals surface area contributed by atoms with E-state index in [1.54, 1.807) is 0 Å². The Morgan fingerprint density at radius 2 is 1.07 bits per heavy atom. The molecule has 2 heteroatoms. The third-order valence-electron chi connectivity index (χ3n) is 9.02. The average Bonchev–Trinajstić information content (AvgIpc) is 3.51. The highest BCUT2D eigenvalue weighted by Gasteiger charge is 2.19. The first-order chi connectivity index (χ1) is 22.8. The number of anilines is 3. The Kier molecular flexibility index (Phi) is 6.17. The third-order valence-corrected chi connectivity index (χ3v) is 9.02. The lowest BCUT2D eigenvalue weighted by molar-refractivity contribution is 0.672. The normalized spacial score (nSPS) is 11.5. The fourth-order valence-corrected chi connectivity index (χ4v) is 6.78. The number of nitrogens with zero attached hydrogens (tertiary/aromatic N) is 1. The van der Waals surface area contributed by atoms with E-state index >= 15 is 0 Å². The van der Waals surface area contributed by atoms with Crippen molar-refractivity contribution < 1.29 is 4.42 Å². The van der Waals surface area contributed by atoms with Crippen LogP contribution in [0.3, 0.4) is 0 Å². The summed E-state index contributed by atoms with van der Waals surface area (Å²) < 4.78 is 6.44. The second kappa shape index (κ2) is 10.8. The number of fused-ring (bicyclic) bond motifs is 6. The van der Waals surface area contributed by atoms with Crippen LogP contribution < -0.4 is 4.90 Å². The topological polar surface area (TPSA) is 16.4 Å². The van der Waals surface area contributed by atoms with Crippen LogP contribution in [-0.2, 0) is 0 Å². The quantitative estimate of drug-likeness (QED) is 0.199. The predicted octanol–water partition coefficient (Wildman–Crippen LogP) is 12.7. The first-order valence-corrected chi connectivity index (χ1v) is 15.7. The van der Waals surface area contributed by atoms with Crippen molar-refractivity contribution in [3.63, 3.8) is 0 Å². The van der Waals surface area contributed by atoms with E-state index in [9.17, 15) is 0 Å². The Bertz CT molecular complexity index is 2540. The molecule has 0 saturated heterocycles. The van der Waals surface area contributed by atoms with Gasteiger partial charge in [-0.1, -0.05) is 121 Å². The van der Waals surface area contributed by atoms with Crippen molar-refractivity contribution >= 4 is 60.5 Å². The molecule has 0 spiro atoms. The fourth-order valence-electron chi connectivity index (χ4n) is 6.78. The monoisotopic (exact) mass is 587 g/mol. The molecule has 0 aliphatic rings. The van der Waals surface area contributed by atoms with Crippen molar-refractivity contribution in [3.8, 4) is 22.3 Å². The van der Waals surface area contributed by atoms with E-state index in [2.05, 4.69) is 181 Å². The molecule has 0 aliphatic heterocycles. The lowest BCUT2D eigenvalue weighted by Crippen LogP contribution is -2.11. The van der Waals surface area contributed by atoms with Crippen molar-refractivity contribution in [1.29, 1.82) is 0 Å². The van der Waals surface area contributed by atoms with Gasteiger partial charge in [-0.25, -0.2) is 0 Å². The molecule has 0 amide bonds. The molecule has 46 heavy (non-hydrogen) atoms. The van der Waals surface area contributed by atoms with Crippen LogP contribution in [0.1, 0.15) is 0 Å². The summed E-state index contributed by atoms with van der Waals surface area (Å²) >= 11 is 0. The highest BCUT2D eigenvalue weighted by molar-refractivity contribution is 6.15. The van der Waals surface area contributed by atoms with Crippen LogP contribution in [0.4, 0.5) is 17.1 Å². The van der Waals surface area contributed by atoms with Crippen LogP contribution in [0.5, 0.6) is 0 Å². The molecule has 0 saturated carbocycles. The number of hydrogen-bond donors (Lipinski definition) is 0. The maximum absolute atomic E-state index is 6.44. The zero-order valence-corrected chi connectivity index (χ0v) is 25.1. The molecule has 0 unspecified atom stereocenters. The van der Waals surface area contributed by atoms with Gasteiger partial charge in [0.15, 0.2) is 0 Å². The van der Waals surface area contributed by atoms with E-state index < -0.39 is 0 Å². The Balaban J connectivity index is 1.21. The van der Waals surface area contributed by atoms with Crippen LogP contribution in [0.15, 0.2) is 180 Å². The SMILES string of the molecule is c1ccc(N(c2cccc(-c3ccc4ccccc4c3)c2)c2ccccc2-c2ccc3oc4c5ccccc5ccc4c3c2)cc1. The summed E-state index contributed by atoms with van der Waals surface area (Å²) in [7, 11) is 0. The van der Waals surface area contributed by atoms with Gasteiger partial charge in [-0.3, -0.25) is 0 Å². The van der Waals surface area contributed by atoms with E-state index in [4.69, 9.17) is 4.42 Å². The average molecular weight is 588 g/mol. The maximum atomic E-state index is 6.44. The van der Waals surface area contributed by atoms with Gasteiger partial charge >= 0.3 is 0 Å². The summed E-state index contributed by atoms with van der Waals surface area (Å²) in [5.41, 5.74) is 9.84. The number of hydrogen-bond acceptors (Lipinski definition) is 2. The van der Waals surface area contributed by atoms with E-state index in [0.29, 0.717) is 0 Å². The van der Waals surface area contributed by atoms with Gasteiger partial charge in [-0.05, 0) is 87.4 Å². The molecule has 216 valence electrons. The summed E-state index contributed by atoms with van der Waals surface area (Å²) in [4.78, 5) is 2.37. The maximum Gasteiger partial charge on any atom is 0.143 e. The molecule has 0 atom stereocenters. The molecule has 1 heterocycles. The van der Waals surface area contributed by atoms with Crippen LogP contribution in [0, 0.1) is 0 Å². The van der Waals surface area contributed by atoms with E-state index in [-0.39, 0.29) is 0 Å². The standard InChI is InChI=1S/C44H29NO/c1-2-15-36(16-3-1)45(37-17-10-14-33(28-37)34-22-21-30-11-4-5-13-32(30)27-34)42-20-9-8-18-38(42)35-24-26-43-41(29-35)40-25-23-31-12-6-7-19-39(31)44(40)46-43/h1-29H. The van der Waals surface area contributed by atoms with Gasteiger partial charge < -0.3 is 9.32 Å². The molecule has 9 aromatic rings. The van der Waals surface area contributed by atoms with Gasteiger partial charge in [0.2, 0.25) is 0 Å². The number of para-hydroxylation sites is 2. The largest absolute Gasteiger partial charge is 0.455 e. The molecule has 0 radical (unpaired) electrons. The summed E-state index contributed by atoms with van der Waals surface area (Å²) in [5.74, 6) is 0. The molecule has 0 N–H and O–H groups in total. The van der Waals surface area contributed by atoms with Crippen molar-refractivity contribution in [2.24, 2.45) is 0 Å². The first-order valence-electron chi connectivity index (χ1n) is 15.7. The summed E-state index contributed by atoms with van der Waals surface area (Å²) in [6, 6.07) is 62.8. The minimum Gasteiger partial charge on any atom is -0.455 e. The van der Waals surface area contributed by atoms with Crippen LogP contribution >= 0.6 is 0 Å². The molecule has 2 nitrogen and oxygen atoms in total. The fraction of sp³-hybridized carbons (Fsp3) is 0. The zero-order chi connectivity index (χ0) is 30.5. The van der Waals surface area contributed by atoms with Gasteiger partial charge in [0.05, 0.1) is 5.69 Å². The van der Waals surface area contributed by atoms with Crippen molar-refractivity contribution in [3.05, 3.63) is 176 Å². The third kappa shape index (κ3) is 4.43. The Labute approximate surface area is 267 Å². The molecule has 9 rings (SSSR count). The molecular weight excluding hydrogens is 558 g/mol. The van der Waals surface area contributed by atoms with Gasteiger partial charge in [0.1, 0.15) is 11.2 Å². The summed E-state index contributed by atoms with van der Waals surface area (Å²) in [6.07, 6.45) is 0. The van der Waals surface area contributed by atoms with Crippen molar-refractivity contribution in [2.75, 3.05) is 4.90 Å². The predicted molar refractivity (Wildman–Crippen MR) is 194 cm³/mol. The second-order valence-corrected chi connectivity index (χ2v) is 11.8. The van der Waals surface area contributed by atoms with E-state index in [1.165, 1.54) is 27.3 Å². The molecule has 0 fully saturated rings. The van der Waals surface area contributed by atoms with Crippen LogP contribution in [-0.4, -0.2) is 0 Å². The highest BCUT2D eigenvalue weighted by atomic mass is 16.3. The minimum absolute atomic E-state index is 0.899. The summed E-state index contributed by atoms with van der Waals surface area (Å²) in [5, 5.41) is 7.07. The first kappa shape index (κ1) is 26.3. The van der Waals surface area contributed by atoms with Gasteiger partial charge in [-0.2, -0.15) is 0 Å². The van der Waals surface area contributed by atoms with E-state index in [1.807, 2.05) is 0 Å². The Morgan fingerprint density at radius 3 is 1.98 bits per heavy atom. The Hall–Kier alpha value is -6.12. The van der Waals surface area contributed by atoms with Crippen molar-refractivity contribution in [2.45, 2.75) is 0 Å². The lowest BCUT2D eigenvalue weighted by atomic mass is 9.98. The molecule has 0 bridgehead atoms. The minimum atomic E-state index is 0.899. The van der Waals surface area contributed by atoms with Gasteiger partial charge in [0.25, 0.3) is 0 Å². The number of rotatable bonds is 5. The molecule has 1 aromatic heterocycles. The number of benzene rings is 8. The van der Waals surface area contributed by atoms with Crippen molar-refractivity contribution in [1.82, 2.24) is 0 Å². The number of furan rings is 1. The molecule has 0 aliphatic carbocycles. The van der Waals surface area contributed by atoms with Gasteiger partial charge in [0, 0.05) is 33.1 Å². The molecule has 8 aromatic carbocycles. The van der Waals surface area contributed by atoms with Gasteiger partial charge in [-0.15, -0.1) is 0 Å². The highest BCUT2D eigenvalue weighted by Crippen LogP contribution is 2.43. The van der Waals surface area contributed by atoms with Crippen LogP contribution in [0.25, 0.3) is 65.7 Å². The molecular formula is C44H29NO. The Morgan fingerprint density at radius 1 is 0.370 bits per heavy atom. The van der Waals surface area contributed by atoms with E-state index in [0.717, 1.165) is 55.5 Å². The second-order valence-electron chi connectivity index (χ2n) is 11.8.